The second-order valence-corrected chi connectivity index (χ2v) is 5.38. The van der Waals surface area contributed by atoms with Gasteiger partial charge < -0.3 is 5.11 Å². The standard InChI is InChI=1S/C12H10BrF3O2/c13-9-5-7(4-8(6-9)12(14,15)16)11(10(17)18)2-1-3-11/h4-6H,1-3H2,(H,17,18). The van der Waals surface area contributed by atoms with Crippen molar-refractivity contribution in [1.82, 2.24) is 0 Å². The molecule has 0 unspecified atom stereocenters. The molecule has 18 heavy (non-hydrogen) atoms. The molecule has 0 aromatic heterocycles. The molecule has 2 nitrogen and oxygen atoms in total. The van der Waals surface area contributed by atoms with Gasteiger partial charge in [-0.05, 0) is 36.6 Å². The van der Waals surface area contributed by atoms with E-state index in [0.717, 1.165) is 18.6 Å². The maximum Gasteiger partial charge on any atom is 0.416 e. The molecule has 98 valence electrons. The van der Waals surface area contributed by atoms with Gasteiger partial charge in [-0.2, -0.15) is 13.2 Å². The summed E-state index contributed by atoms with van der Waals surface area (Å²) in [6.45, 7) is 0. The second-order valence-electron chi connectivity index (χ2n) is 4.47. The van der Waals surface area contributed by atoms with Crippen LogP contribution in [0.15, 0.2) is 22.7 Å². The van der Waals surface area contributed by atoms with Gasteiger partial charge in [-0.15, -0.1) is 0 Å². The number of carboxylic acid groups (broad SMARTS) is 1. The van der Waals surface area contributed by atoms with Crippen molar-refractivity contribution in [3.8, 4) is 0 Å². The minimum Gasteiger partial charge on any atom is -0.481 e. The van der Waals surface area contributed by atoms with Crippen molar-refractivity contribution in [3.63, 3.8) is 0 Å². The number of hydrogen-bond acceptors (Lipinski definition) is 1. The monoisotopic (exact) mass is 322 g/mol. The van der Waals surface area contributed by atoms with Crippen LogP contribution in [0, 0.1) is 0 Å². The largest absolute Gasteiger partial charge is 0.481 e. The van der Waals surface area contributed by atoms with E-state index in [1.807, 2.05) is 0 Å². The quantitative estimate of drug-likeness (QED) is 0.894. The predicted octanol–water partition coefficient (Wildman–Crippen LogP) is 3.97. The molecule has 0 saturated heterocycles. The molecule has 2 rings (SSSR count). The summed E-state index contributed by atoms with van der Waals surface area (Å²) in [7, 11) is 0. The smallest absolute Gasteiger partial charge is 0.416 e. The molecule has 0 atom stereocenters. The summed E-state index contributed by atoms with van der Waals surface area (Å²) in [5.74, 6) is -1.06. The molecule has 0 aliphatic heterocycles. The van der Waals surface area contributed by atoms with Gasteiger partial charge in [-0.3, -0.25) is 4.79 Å². The number of hydrogen-bond donors (Lipinski definition) is 1. The highest BCUT2D eigenvalue weighted by atomic mass is 79.9. The molecule has 1 aliphatic carbocycles. The lowest BCUT2D eigenvalue weighted by Crippen LogP contribution is -2.42. The zero-order valence-corrected chi connectivity index (χ0v) is 10.8. The van der Waals surface area contributed by atoms with Crippen LogP contribution in [0.1, 0.15) is 30.4 Å². The van der Waals surface area contributed by atoms with E-state index in [1.54, 1.807) is 0 Å². The Morgan fingerprint density at radius 2 is 1.89 bits per heavy atom. The fourth-order valence-electron chi connectivity index (χ4n) is 2.19. The Labute approximate surface area is 110 Å². The molecular weight excluding hydrogens is 313 g/mol. The third-order valence-corrected chi connectivity index (χ3v) is 3.85. The molecule has 1 aromatic rings. The number of carbonyl (C=O) groups is 1. The van der Waals surface area contributed by atoms with Crippen molar-refractivity contribution in [2.75, 3.05) is 0 Å². The average Bonchev–Trinajstić information content (AvgIpc) is 2.12. The Morgan fingerprint density at radius 3 is 2.28 bits per heavy atom. The summed E-state index contributed by atoms with van der Waals surface area (Å²) < 4.78 is 38.3. The van der Waals surface area contributed by atoms with Crippen molar-refractivity contribution in [3.05, 3.63) is 33.8 Å². The maximum absolute atomic E-state index is 12.7. The number of rotatable bonds is 2. The second kappa shape index (κ2) is 4.26. The van der Waals surface area contributed by atoms with Crippen LogP contribution >= 0.6 is 15.9 Å². The van der Waals surface area contributed by atoms with E-state index >= 15 is 0 Å². The van der Waals surface area contributed by atoms with Gasteiger partial charge in [0.15, 0.2) is 0 Å². The van der Waals surface area contributed by atoms with Crippen molar-refractivity contribution in [2.45, 2.75) is 30.9 Å². The van der Waals surface area contributed by atoms with Gasteiger partial charge in [-0.1, -0.05) is 22.4 Å². The first-order valence-electron chi connectivity index (χ1n) is 5.37. The number of alkyl halides is 3. The highest BCUT2D eigenvalue weighted by molar-refractivity contribution is 9.10. The van der Waals surface area contributed by atoms with Crippen molar-refractivity contribution >= 4 is 21.9 Å². The Kier molecular flexibility index (Phi) is 3.17. The van der Waals surface area contributed by atoms with Crippen LogP contribution in [0.5, 0.6) is 0 Å². The third kappa shape index (κ3) is 2.13. The average molecular weight is 323 g/mol. The molecule has 0 radical (unpaired) electrons. The normalized spacial score (nSPS) is 18.2. The fraction of sp³-hybridized carbons (Fsp3) is 0.417. The first kappa shape index (κ1) is 13.4. The van der Waals surface area contributed by atoms with Crippen LogP contribution in [0.25, 0.3) is 0 Å². The highest BCUT2D eigenvalue weighted by Crippen LogP contribution is 2.46. The Bertz CT molecular complexity index is 493. The van der Waals surface area contributed by atoms with E-state index in [0.29, 0.717) is 12.8 Å². The van der Waals surface area contributed by atoms with Crippen LogP contribution < -0.4 is 0 Å². The number of halogens is 4. The summed E-state index contributed by atoms with van der Waals surface area (Å²) in [6, 6.07) is 3.36. The number of carboxylic acids is 1. The van der Waals surface area contributed by atoms with Gasteiger partial charge in [-0.25, -0.2) is 0 Å². The molecule has 0 spiro atoms. The van der Waals surface area contributed by atoms with E-state index in [-0.39, 0.29) is 10.0 Å². The van der Waals surface area contributed by atoms with Gasteiger partial charge >= 0.3 is 12.1 Å². The molecule has 0 amide bonds. The molecule has 0 bridgehead atoms. The van der Waals surface area contributed by atoms with Crippen LogP contribution in [0.4, 0.5) is 13.2 Å². The van der Waals surface area contributed by atoms with Gasteiger partial charge in [0.05, 0.1) is 11.0 Å². The van der Waals surface area contributed by atoms with Crippen LogP contribution in [0.2, 0.25) is 0 Å². The molecule has 1 aromatic carbocycles. The van der Waals surface area contributed by atoms with Gasteiger partial charge in [0.1, 0.15) is 0 Å². The minimum atomic E-state index is -4.47. The zero-order valence-electron chi connectivity index (χ0n) is 9.22. The van der Waals surface area contributed by atoms with Gasteiger partial charge in [0.25, 0.3) is 0 Å². The van der Waals surface area contributed by atoms with E-state index in [9.17, 15) is 23.1 Å². The first-order chi connectivity index (χ1) is 8.25. The molecule has 1 N–H and O–H groups in total. The predicted molar refractivity (Wildman–Crippen MR) is 62.3 cm³/mol. The van der Waals surface area contributed by atoms with Crippen LogP contribution in [-0.2, 0) is 16.4 Å². The lowest BCUT2D eigenvalue weighted by atomic mass is 9.64. The maximum atomic E-state index is 12.7. The summed E-state index contributed by atoms with van der Waals surface area (Å²) in [6.07, 6.45) is -2.98. The minimum absolute atomic E-state index is 0.225. The van der Waals surface area contributed by atoms with Gasteiger partial charge in [0, 0.05) is 4.47 Å². The molecular formula is C12H10BrF3O2. The van der Waals surface area contributed by atoms with Crippen molar-refractivity contribution in [2.24, 2.45) is 0 Å². The summed E-state index contributed by atoms with van der Waals surface area (Å²) in [5, 5.41) is 9.23. The summed E-state index contributed by atoms with van der Waals surface area (Å²) in [4.78, 5) is 11.3. The van der Waals surface area contributed by atoms with Crippen LogP contribution in [0.3, 0.4) is 0 Å². The van der Waals surface area contributed by atoms with Crippen LogP contribution in [-0.4, -0.2) is 11.1 Å². The SMILES string of the molecule is O=C(O)C1(c2cc(Br)cc(C(F)(F)F)c2)CCC1. The highest BCUT2D eigenvalue weighted by Gasteiger charge is 2.47. The molecule has 1 aliphatic rings. The zero-order chi connectivity index (χ0) is 13.6. The Hall–Kier alpha value is -1.04. The molecule has 0 heterocycles. The number of benzene rings is 1. The van der Waals surface area contributed by atoms with E-state index in [4.69, 9.17) is 0 Å². The lowest BCUT2D eigenvalue weighted by Gasteiger charge is -2.38. The summed E-state index contributed by atoms with van der Waals surface area (Å²) in [5.41, 5.74) is -1.74. The lowest BCUT2D eigenvalue weighted by molar-refractivity contribution is -0.148. The number of aliphatic carboxylic acids is 1. The van der Waals surface area contributed by atoms with Gasteiger partial charge in [0.2, 0.25) is 0 Å². The third-order valence-electron chi connectivity index (χ3n) is 3.39. The van der Waals surface area contributed by atoms with Crippen molar-refractivity contribution in [1.29, 1.82) is 0 Å². The molecule has 6 heteroatoms. The first-order valence-corrected chi connectivity index (χ1v) is 6.17. The molecule has 1 saturated carbocycles. The summed E-state index contributed by atoms with van der Waals surface area (Å²) >= 11 is 3.01. The molecule has 1 fully saturated rings. The Morgan fingerprint density at radius 1 is 1.28 bits per heavy atom. The fourth-order valence-corrected chi connectivity index (χ4v) is 2.68. The Balaban J connectivity index is 2.52. The van der Waals surface area contributed by atoms with E-state index < -0.39 is 23.1 Å². The van der Waals surface area contributed by atoms with E-state index in [1.165, 1.54) is 6.07 Å². The van der Waals surface area contributed by atoms with E-state index in [2.05, 4.69) is 15.9 Å². The van der Waals surface area contributed by atoms with Crippen molar-refractivity contribution < 1.29 is 23.1 Å². The topological polar surface area (TPSA) is 37.3 Å².